The maximum absolute atomic E-state index is 12.0. The maximum Gasteiger partial charge on any atom is 0.234 e. The molecule has 2 aliphatic rings. The first-order valence-corrected chi connectivity index (χ1v) is 7.84. The zero-order valence-electron chi connectivity index (χ0n) is 12.6. The van der Waals surface area contributed by atoms with E-state index in [1.165, 1.54) is 25.7 Å². The fourth-order valence-electron chi connectivity index (χ4n) is 3.57. The van der Waals surface area contributed by atoms with Gasteiger partial charge in [0.1, 0.15) is 0 Å². The molecule has 4 nitrogen and oxygen atoms in total. The predicted octanol–water partition coefficient (Wildman–Crippen LogP) is 1.51. The number of carbonyl (C=O) groups is 1. The van der Waals surface area contributed by atoms with Gasteiger partial charge in [0, 0.05) is 24.2 Å². The minimum absolute atomic E-state index is 0.175. The highest BCUT2D eigenvalue weighted by atomic mass is 16.2. The van der Waals surface area contributed by atoms with E-state index < -0.39 is 0 Å². The highest BCUT2D eigenvalue weighted by Crippen LogP contribution is 2.29. The first-order valence-electron chi connectivity index (χ1n) is 7.84. The van der Waals surface area contributed by atoms with Gasteiger partial charge in [0.25, 0.3) is 0 Å². The van der Waals surface area contributed by atoms with Gasteiger partial charge in [0.2, 0.25) is 5.91 Å². The Morgan fingerprint density at radius 1 is 1.37 bits per heavy atom. The third-order valence-corrected chi connectivity index (χ3v) is 4.59. The fourth-order valence-corrected chi connectivity index (χ4v) is 3.57. The standard InChI is InChI=1S/C15H29N3O/c1-4-5-11(2)16-15(19)10-18(3)14-8-12-6-7-13(9-14)17-12/h11-14,17H,4-10H2,1-3H3,(H,16,19). The number of hydrogen-bond donors (Lipinski definition) is 2. The summed E-state index contributed by atoms with van der Waals surface area (Å²) in [6.45, 7) is 4.78. The van der Waals surface area contributed by atoms with Gasteiger partial charge in [0.05, 0.1) is 6.54 Å². The molecule has 19 heavy (non-hydrogen) atoms. The molecular formula is C15H29N3O. The molecule has 0 spiro atoms. The lowest BCUT2D eigenvalue weighted by Gasteiger charge is -2.35. The highest BCUT2D eigenvalue weighted by Gasteiger charge is 2.35. The van der Waals surface area contributed by atoms with Crippen molar-refractivity contribution in [2.75, 3.05) is 13.6 Å². The lowest BCUT2D eigenvalue weighted by Crippen LogP contribution is -2.50. The summed E-state index contributed by atoms with van der Waals surface area (Å²) in [7, 11) is 2.10. The molecule has 2 heterocycles. The molecule has 0 aliphatic carbocycles. The van der Waals surface area contributed by atoms with Crippen molar-refractivity contribution >= 4 is 5.91 Å². The minimum Gasteiger partial charge on any atom is -0.353 e. The van der Waals surface area contributed by atoms with Gasteiger partial charge in [-0.25, -0.2) is 0 Å². The second kappa shape index (κ2) is 6.71. The van der Waals surface area contributed by atoms with Gasteiger partial charge >= 0.3 is 0 Å². The maximum atomic E-state index is 12.0. The molecule has 2 saturated heterocycles. The fraction of sp³-hybridized carbons (Fsp3) is 0.933. The van der Waals surface area contributed by atoms with Crippen LogP contribution in [-0.2, 0) is 4.79 Å². The smallest absolute Gasteiger partial charge is 0.234 e. The Morgan fingerprint density at radius 3 is 2.58 bits per heavy atom. The highest BCUT2D eigenvalue weighted by molar-refractivity contribution is 5.78. The van der Waals surface area contributed by atoms with Gasteiger partial charge in [-0.15, -0.1) is 0 Å². The third kappa shape index (κ3) is 4.18. The van der Waals surface area contributed by atoms with E-state index in [0.29, 0.717) is 30.7 Å². The average Bonchev–Trinajstić information content (AvgIpc) is 2.68. The summed E-state index contributed by atoms with van der Waals surface area (Å²) >= 11 is 0. The molecule has 110 valence electrons. The second-order valence-electron chi connectivity index (χ2n) is 6.44. The van der Waals surface area contributed by atoms with Crippen LogP contribution in [0.15, 0.2) is 0 Å². The Hall–Kier alpha value is -0.610. The lowest BCUT2D eigenvalue weighted by molar-refractivity contribution is -0.123. The predicted molar refractivity (Wildman–Crippen MR) is 78.1 cm³/mol. The molecule has 2 bridgehead atoms. The van der Waals surface area contributed by atoms with Gasteiger partial charge in [-0.1, -0.05) is 13.3 Å². The van der Waals surface area contributed by atoms with Crippen molar-refractivity contribution in [3.8, 4) is 0 Å². The zero-order chi connectivity index (χ0) is 13.8. The number of carbonyl (C=O) groups excluding carboxylic acids is 1. The molecule has 3 unspecified atom stereocenters. The van der Waals surface area contributed by atoms with Crippen LogP contribution in [0, 0.1) is 0 Å². The normalized spacial score (nSPS) is 31.5. The van der Waals surface area contributed by atoms with Crippen LogP contribution >= 0.6 is 0 Å². The Morgan fingerprint density at radius 2 is 2.00 bits per heavy atom. The summed E-state index contributed by atoms with van der Waals surface area (Å²) in [6.07, 6.45) is 7.21. The molecule has 0 saturated carbocycles. The quantitative estimate of drug-likeness (QED) is 0.766. The number of hydrogen-bond acceptors (Lipinski definition) is 3. The lowest BCUT2D eigenvalue weighted by atomic mass is 9.98. The van der Waals surface area contributed by atoms with Crippen LogP contribution in [0.5, 0.6) is 0 Å². The Kier molecular flexibility index (Phi) is 5.22. The van der Waals surface area contributed by atoms with Crippen molar-refractivity contribution in [3.63, 3.8) is 0 Å². The van der Waals surface area contributed by atoms with Crippen molar-refractivity contribution in [2.45, 2.75) is 76.5 Å². The summed E-state index contributed by atoms with van der Waals surface area (Å²) in [5.74, 6) is 0.175. The largest absolute Gasteiger partial charge is 0.353 e. The van der Waals surface area contributed by atoms with Crippen LogP contribution in [0.1, 0.15) is 52.4 Å². The van der Waals surface area contributed by atoms with Crippen LogP contribution in [0.4, 0.5) is 0 Å². The van der Waals surface area contributed by atoms with E-state index in [9.17, 15) is 4.79 Å². The molecular weight excluding hydrogens is 238 g/mol. The van der Waals surface area contributed by atoms with Crippen LogP contribution in [0.3, 0.4) is 0 Å². The first kappa shape index (κ1) is 14.8. The molecule has 2 fully saturated rings. The summed E-state index contributed by atoms with van der Waals surface area (Å²) in [5, 5.41) is 6.74. The number of rotatable bonds is 6. The SMILES string of the molecule is CCCC(C)NC(=O)CN(C)C1CC2CCC(C1)N2. The van der Waals surface area contributed by atoms with Crippen molar-refractivity contribution in [1.82, 2.24) is 15.5 Å². The molecule has 0 aromatic heterocycles. The summed E-state index contributed by atoms with van der Waals surface area (Å²) in [6, 6.07) is 2.25. The molecule has 3 atom stereocenters. The molecule has 0 aromatic rings. The van der Waals surface area contributed by atoms with Crippen molar-refractivity contribution in [3.05, 3.63) is 0 Å². The number of amides is 1. The van der Waals surface area contributed by atoms with Crippen LogP contribution in [0.2, 0.25) is 0 Å². The molecule has 1 amide bonds. The first-order chi connectivity index (χ1) is 9.08. The van der Waals surface area contributed by atoms with Gasteiger partial charge in [0.15, 0.2) is 0 Å². The molecule has 2 rings (SSSR count). The Bertz CT molecular complexity index is 296. The van der Waals surface area contributed by atoms with E-state index >= 15 is 0 Å². The van der Waals surface area contributed by atoms with Gasteiger partial charge in [-0.2, -0.15) is 0 Å². The van der Waals surface area contributed by atoms with Crippen molar-refractivity contribution in [2.24, 2.45) is 0 Å². The Labute approximate surface area is 117 Å². The summed E-state index contributed by atoms with van der Waals surface area (Å²) in [4.78, 5) is 14.2. The number of nitrogens with zero attached hydrogens (tertiary/aromatic N) is 1. The van der Waals surface area contributed by atoms with Crippen LogP contribution in [0.25, 0.3) is 0 Å². The monoisotopic (exact) mass is 267 g/mol. The molecule has 0 aromatic carbocycles. The summed E-state index contributed by atoms with van der Waals surface area (Å²) in [5.41, 5.74) is 0. The Balaban J connectivity index is 1.74. The van der Waals surface area contributed by atoms with Crippen molar-refractivity contribution in [1.29, 1.82) is 0 Å². The minimum atomic E-state index is 0.175. The van der Waals surface area contributed by atoms with E-state index in [0.717, 1.165) is 12.8 Å². The van der Waals surface area contributed by atoms with Gasteiger partial charge in [-0.05, 0) is 46.1 Å². The summed E-state index contributed by atoms with van der Waals surface area (Å²) < 4.78 is 0. The van der Waals surface area contributed by atoms with E-state index in [4.69, 9.17) is 0 Å². The zero-order valence-corrected chi connectivity index (χ0v) is 12.6. The van der Waals surface area contributed by atoms with Crippen molar-refractivity contribution < 1.29 is 4.79 Å². The average molecular weight is 267 g/mol. The molecule has 4 heteroatoms. The second-order valence-corrected chi connectivity index (χ2v) is 6.44. The van der Waals surface area contributed by atoms with Gasteiger partial charge < -0.3 is 10.6 Å². The molecule has 2 N–H and O–H groups in total. The van der Waals surface area contributed by atoms with E-state index in [-0.39, 0.29) is 5.91 Å². The number of piperidine rings is 1. The number of likely N-dealkylation sites (N-methyl/N-ethyl adjacent to an activating group) is 1. The number of nitrogens with one attached hydrogen (secondary N) is 2. The number of fused-ring (bicyclic) bond motifs is 2. The topological polar surface area (TPSA) is 44.4 Å². The molecule has 0 radical (unpaired) electrons. The third-order valence-electron chi connectivity index (χ3n) is 4.59. The molecule has 2 aliphatic heterocycles. The van der Waals surface area contributed by atoms with E-state index in [1.54, 1.807) is 0 Å². The van der Waals surface area contributed by atoms with E-state index in [2.05, 4.69) is 36.4 Å². The van der Waals surface area contributed by atoms with Crippen LogP contribution in [-0.4, -0.2) is 48.6 Å². The van der Waals surface area contributed by atoms with Crippen LogP contribution < -0.4 is 10.6 Å². The van der Waals surface area contributed by atoms with Gasteiger partial charge in [-0.3, -0.25) is 9.69 Å². The van der Waals surface area contributed by atoms with E-state index in [1.807, 2.05) is 0 Å².